The molecule has 1 aromatic carbocycles. The number of alkyl halides is 6. The topological polar surface area (TPSA) is 77.6 Å². The minimum absolute atomic E-state index is 0.0546. The number of benzene rings is 1. The molecule has 0 N–H and O–H groups in total. The summed E-state index contributed by atoms with van der Waals surface area (Å²) in [5, 5.41) is 7.33. The second kappa shape index (κ2) is 8.77. The summed E-state index contributed by atoms with van der Waals surface area (Å²) in [5.74, 6) is -2.52. The maximum atomic E-state index is 14.4. The second-order valence-corrected chi connectivity index (χ2v) is 8.08. The van der Waals surface area contributed by atoms with Crippen LogP contribution in [-0.4, -0.2) is 53.2 Å². The lowest BCUT2D eigenvalue weighted by molar-refractivity contribution is -0.141. The highest BCUT2D eigenvalue weighted by atomic mass is 19.4. The maximum absolute atomic E-state index is 14.4. The van der Waals surface area contributed by atoms with Crippen molar-refractivity contribution in [2.75, 3.05) is 11.4 Å². The molecule has 0 bridgehead atoms. The number of imidazole rings is 1. The molecule has 0 amide bonds. The molecule has 194 valence electrons. The lowest BCUT2D eigenvalue weighted by atomic mass is 10.1. The molecule has 0 spiro atoms. The number of nitrogens with zero attached hydrogens (tertiary/aromatic N) is 8. The Morgan fingerprint density at radius 3 is 2.43 bits per heavy atom. The SMILES string of the molecule is Fc1ccc(-c2nccn2-c2ncc3c(n2)N(CCC(F)(F)F)C(CC(F)(F)F)c2nncn2-3)c(F)c1. The van der Waals surface area contributed by atoms with Gasteiger partial charge < -0.3 is 4.90 Å². The summed E-state index contributed by atoms with van der Waals surface area (Å²) in [5.41, 5.74) is -0.0725. The third-order valence-corrected chi connectivity index (χ3v) is 5.61. The van der Waals surface area contributed by atoms with Crippen molar-refractivity contribution in [2.45, 2.75) is 31.2 Å². The summed E-state index contributed by atoms with van der Waals surface area (Å²) < 4.78 is 110. The fraction of sp³-hybridized carbons (Fsp3) is 0.286. The van der Waals surface area contributed by atoms with Crippen molar-refractivity contribution >= 4 is 5.82 Å². The zero-order chi connectivity index (χ0) is 26.5. The molecule has 4 heterocycles. The minimum atomic E-state index is -4.75. The highest BCUT2D eigenvalue weighted by Gasteiger charge is 2.43. The molecule has 1 aliphatic rings. The largest absolute Gasteiger partial charge is 0.391 e. The Morgan fingerprint density at radius 1 is 0.946 bits per heavy atom. The Kier molecular flexibility index (Phi) is 5.83. The van der Waals surface area contributed by atoms with E-state index in [0.717, 1.165) is 23.4 Å². The number of hydrogen-bond donors (Lipinski definition) is 0. The fourth-order valence-electron chi connectivity index (χ4n) is 4.06. The standard InChI is InChI=1S/C21H14F8N8/c22-11-1-2-12(13(23)7-11)16-30-4-6-36(16)19-31-9-15-17(33-19)35(5-3-20(24,25)26)14(8-21(27,28)29)18-34-32-10-37(15)18/h1-2,4,6-7,9-10,14H,3,5,8H2. The lowest BCUT2D eigenvalue weighted by Gasteiger charge is -2.37. The zero-order valence-electron chi connectivity index (χ0n) is 18.3. The van der Waals surface area contributed by atoms with Gasteiger partial charge in [0.05, 0.1) is 30.6 Å². The second-order valence-electron chi connectivity index (χ2n) is 8.08. The van der Waals surface area contributed by atoms with Gasteiger partial charge in [-0.15, -0.1) is 10.2 Å². The molecule has 1 unspecified atom stereocenters. The smallest absolute Gasteiger partial charge is 0.344 e. The van der Waals surface area contributed by atoms with Gasteiger partial charge in [0.1, 0.15) is 29.5 Å². The number of fused-ring (bicyclic) bond motifs is 3. The molecule has 4 aromatic rings. The average molecular weight is 530 g/mol. The van der Waals surface area contributed by atoms with Crippen molar-refractivity contribution in [3.8, 4) is 23.0 Å². The van der Waals surface area contributed by atoms with Crippen molar-refractivity contribution in [1.29, 1.82) is 0 Å². The molecule has 0 saturated heterocycles. The first-order valence-electron chi connectivity index (χ1n) is 10.6. The molecule has 3 aromatic heterocycles. The van der Waals surface area contributed by atoms with Gasteiger partial charge in [0, 0.05) is 25.0 Å². The summed E-state index contributed by atoms with van der Waals surface area (Å²) in [4.78, 5) is 13.3. The number of halogens is 8. The van der Waals surface area contributed by atoms with Gasteiger partial charge in [0.25, 0.3) is 0 Å². The summed E-state index contributed by atoms with van der Waals surface area (Å²) in [6, 6.07) is 1.10. The number of aromatic nitrogens is 7. The number of rotatable bonds is 5. The Morgan fingerprint density at radius 2 is 1.73 bits per heavy atom. The van der Waals surface area contributed by atoms with Gasteiger partial charge in [-0.2, -0.15) is 31.3 Å². The molecule has 16 heteroatoms. The predicted octanol–water partition coefficient (Wildman–Crippen LogP) is 4.95. The average Bonchev–Trinajstić information content (AvgIpc) is 3.47. The van der Waals surface area contributed by atoms with Gasteiger partial charge in [-0.25, -0.2) is 18.7 Å². The van der Waals surface area contributed by atoms with E-state index in [4.69, 9.17) is 0 Å². The summed E-state index contributed by atoms with van der Waals surface area (Å²) in [7, 11) is 0. The molecule has 0 aliphatic carbocycles. The molecular formula is C21H14F8N8. The first kappa shape index (κ1) is 24.6. The van der Waals surface area contributed by atoms with Crippen LogP contribution >= 0.6 is 0 Å². The van der Waals surface area contributed by atoms with E-state index in [1.807, 2.05) is 0 Å². The van der Waals surface area contributed by atoms with Crippen LogP contribution in [-0.2, 0) is 0 Å². The minimum Gasteiger partial charge on any atom is -0.344 e. The Labute approximate surface area is 202 Å². The van der Waals surface area contributed by atoms with Crippen LogP contribution in [0.2, 0.25) is 0 Å². The van der Waals surface area contributed by atoms with Crippen molar-refractivity contribution in [2.24, 2.45) is 0 Å². The van der Waals surface area contributed by atoms with Crippen LogP contribution in [0, 0.1) is 11.6 Å². The van der Waals surface area contributed by atoms with Crippen molar-refractivity contribution in [1.82, 2.24) is 34.3 Å². The first-order chi connectivity index (χ1) is 17.4. The van der Waals surface area contributed by atoms with E-state index in [1.54, 1.807) is 0 Å². The summed E-state index contributed by atoms with van der Waals surface area (Å²) in [6.45, 7) is -0.857. The van der Waals surface area contributed by atoms with E-state index in [0.29, 0.717) is 6.07 Å². The van der Waals surface area contributed by atoms with Crippen LogP contribution in [0.25, 0.3) is 23.0 Å². The first-order valence-corrected chi connectivity index (χ1v) is 10.6. The Bertz CT molecular complexity index is 1440. The van der Waals surface area contributed by atoms with Crippen LogP contribution in [0.3, 0.4) is 0 Å². The molecule has 0 fully saturated rings. The van der Waals surface area contributed by atoms with Crippen LogP contribution in [0.15, 0.2) is 43.1 Å². The molecule has 0 radical (unpaired) electrons. The molecule has 1 aliphatic heterocycles. The van der Waals surface area contributed by atoms with E-state index in [1.165, 1.54) is 27.7 Å². The normalized spacial score (nSPS) is 15.6. The summed E-state index contributed by atoms with van der Waals surface area (Å²) in [6.07, 6.45) is -7.49. The number of anilines is 1. The predicted molar refractivity (Wildman–Crippen MR) is 111 cm³/mol. The molecule has 0 saturated carbocycles. The lowest BCUT2D eigenvalue weighted by Crippen LogP contribution is -2.40. The monoisotopic (exact) mass is 530 g/mol. The van der Waals surface area contributed by atoms with Crippen molar-refractivity contribution < 1.29 is 35.1 Å². The third-order valence-electron chi connectivity index (χ3n) is 5.61. The quantitative estimate of drug-likeness (QED) is 0.340. The van der Waals surface area contributed by atoms with Crippen molar-refractivity contribution in [3.63, 3.8) is 0 Å². The van der Waals surface area contributed by atoms with Crippen LogP contribution in [0.5, 0.6) is 0 Å². The van der Waals surface area contributed by atoms with Crippen molar-refractivity contribution in [3.05, 3.63) is 60.6 Å². The van der Waals surface area contributed by atoms with E-state index in [-0.39, 0.29) is 34.7 Å². The van der Waals surface area contributed by atoms with Gasteiger partial charge >= 0.3 is 12.4 Å². The maximum Gasteiger partial charge on any atom is 0.391 e. The molecule has 5 rings (SSSR count). The van der Waals surface area contributed by atoms with Gasteiger partial charge in [0.2, 0.25) is 5.95 Å². The van der Waals surface area contributed by atoms with E-state index in [9.17, 15) is 35.1 Å². The van der Waals surface area contributed by atoms with Gasteiger partial charge in [-0.1, -0.05) is 0 Å². The zero-order valence-corrected chi connectivity index (χ0v) is 18.3. The van der Waals surface area contributed by atoms with Gasteiger partial charge in [-0.05, 0) is 12.1 Å². The summed E-state index contributed by atoms with van der Waals surface area (Å²) >= 11 is 0. The van der Waals surface area contributed by atoms with E-state index in [2.05, 4.69) is 25.1 Å². The van der Waals surface area contributed by atoms with Crippen LogP contribution < -0.4 is 4.90 Å². The highest BCUT2D eigenvalue weighted by Crippen LogP contribution is 2.42. The van der Waals surface area contributed by atoms with Crippen LogP contribution in [0.1, 0.15) is 24.7 Å². The Balaban J connectivity index is 1.64. The molecular weight excluding hydrogens is 516 g/mol. The van der Waals surface area contributed by atoms with Gasteiger partial charge in [-0.3, -0.25) is 9.13 Å². The Hall–Kier alpha value is -4.11. The number of hydrogen-bond acceptors (Lipinski definition) is 6. The van der Waals surface area contributed by atoms with Gasteiger partial charge in [0.15, 0.2) is 11.6 Å². The molecule has 37 heavy (non-hydrogen) atoms. The molecule has 1 atom stereocenters. The third kappa shape index (κ3) is 4.82. The fourth-order valence-corrected chi connectivity index (χ4v) is 4.06. The highest BCUT2D eigenvalue weighted by molar-refractivity contribution is 5.63. The molecule has 8 nitrogen and oxygen atoms in total. The van der Waals surface area contributed by atoms with E-state index >= 15 is 0 Å². The van der Waals surface area contributed by atoms with E-state index < -0.39 is 49.4 Å². The van der Waals surface area contributed by atoms with Crippen LogP contribution in [0.4, 0.5) is 40.9 Å².